The van der Waals surface area contributed by atoms with E-state index in [0.717, 1.165) is 22.3 Å². The molecule has 0 heterocycles. The molecule has 0 spiro atoms. The quantitative estimate of drug-likeness (QED) is 0.352. The lowest BCUT2D eigenvalue weighted by Gasteiger charge is -2.23. The van der Waals surface area contributed by atoms with Gasteiger partial charge in [0, 0.05) is 0 Å². The first-order valence-electron chi connectivity index (χ1n) is 11.2. The molecule has 36 heavy (non-hydrogen) atoms. The van der Waals surface area contributed by atoms with Gasteiger partial charge >= 0.3 is 0 Å². The largest absolute Gasteiger partial charge is 0.235 e. The van der Waals surface area contributed by atoms with E-state index in [-0.39, 0.29) is 0 Å². The third-order valence-corrected chi connectivity index (χ3v) is 5.85. The van der Waals surface area contributed by atoms with Gasteiger partial charge in [0.2, 0.25) is 24.3 Å². The number of isocyanates is 4. The average molecular weight is 489 g/mol. The maximum Gasteiger partial charge on any atom is 0.235 e. The molecule has 0 bridgehead atoms. The molecular weight excluding hydrogens is 456 g/mol. The van der Waals surface area contributed by atoms with Crippen molar-refractivity contribution in [3.63, 3.8) is 0 Å². The van der Waals surface area contributed by atoms with Gasteiger partial charge in [0.15, 0.2) is 0 Å². The summed E-state index contributed by atoms with van der Waals surface area (Å²) in [6.45, 7) is 14.6. The second kappa shape index (κ2) is 12.1. The van der Waals surface area contributed by atoms with Crippen LogP contribution in [0.4, 0.5) is 0 Å². The summed E-state index contributed by atoms with van der Waals surface area (Å²) in [5.74, 6) is 0. The van der Waals surface area contributed by atoms with Crippen LogP contribution in [0.1, 0.15) is 77.6 Å². The van der Waals surface area contributed by atoms with Crippen LogP contribution in [0.3, 0.4) is 0 Å². The summed E-state index contributed by atoms with van der Waals surface area (Å²) in [5, 5.41) is 0. The summed E-state index contributed by atoms with van der Waals surface area (Å²) in [6, 6.07) is 15.0. The normalized spacial score (nSPS) is 11.3. The van der Waals surface area contributed by atoms with E-state index >= 15 is 0 Å². The maximum atomic E-state index is 10.4. The lowest BCUT2D eigenvalue weighted by molar-refractivity contribution is 0.510. The van der Waals surface area contributed by atoms with Crippen LogP contribution in [-0.4, -0.2) is 24.3 Å². The molecule has 188 valence electrons. The van der Waals surface area contributed by atoms with Crippen LogP contribution in [0.25, 0.3) is 0 Å². The predicted octanol–water partition coefficient (Wildman–Crippen LogP) is 5.66. The molecule has 0 N–H and O–H groups in total. The van der Waals surface area contributed by atoms with E-state index in [0.29, 0.717) is 0 Å². The molecule has 2 aromatic rings. The third kappa shape index (κ3) is 8.02. The second-order valence-corrected chi connectivity index (χ2v) is 10.2. The van der Waals surface area contributed by atoms with Gasteiger partial charge in [-0.3, -0.25) is 0 Å². The molecule has 0 aliphatic rings. The molecule has 0 aliphatic heterocycles. The molecule has 0 amide bonds. The average Bonchev–Trinajstić information content (AvgIpc) is 2.80. The fraction of sp³-hybridized carbons (Fsp3) is 0.429. The molecule has 0 fully saturated rings. The Labute approximate surface area is 212 Å². The first-order chi connectivity index (χ1) is 16.7. The number of nitrogens with zero attached hydrogens (tertiary/aromatic N) is 4. The zero-order chi connectivity index (χ0) is 27.6. The van der Waals surface area contributed by atoms with Gasteiger partial charge in [0.25, 0.3) is 0 Å². The Kier molecular flexibility index (Phi) is 10.1. The van der Waals surface area contributed by atoms with Crippen LogP contribution in [0.15, 0.2) is 68.5 Å². The van der Waals surface area contributed by atoms with E-state index in [9.17, 15) is 19.2 Å². The van der Waals surface area contributed by atoms with Crippen LogP contribution in [0.2, 0.25) is 0 Å². The van der Waals surface area contributed by atoms with Crippen LogP contribution >= 0.6 is 0 Å². The summed E-state index contributed by atoms with van der Waals surface area (Å²) in [5.41, 5.74) is 0.930. The lowest BCUT2D eigenvalue weighted by atomic mass is 9.88. The summed E-state index contributed by atoms with van der Waals surface area (Å²) < 4.78 is 0. The van der Waals surface area contributed by atoms with Crippen LogP contribution in [0, 0.1) is 0 Å². The minimum atomic E-state index is -0.640. The Bertz CT molecular complexity index is 1080. The van der Waals surface area contributed by atoms with E-state index in [1.807, 2.05) is 104 Å². The highest BCUT2D eigenvalue weighted by Gasteiger charge is 2.25. The fourth-order valence-corrected chi connectivity index (χ4v) is 3.28. The Morgan fingerprint density at radius 3 is 0.806 bits per heavy atom. The topological polar surface area (TPSA) is 118 Å². The molecule has 0 saturated carbocycles. The van der Waals surface area contributed by atoms with Crippen molar-refractivity contribution in [1.82, 2.24) is 0 Å². The van der Waals surface area contributed by atoms with Crippen molar-refractivity contribution >= 4 is 24.3 Å². The van der Waals surface area contributed by atoms with Crippen molar-refractivity contribution in [2.45, 2.75) is 77.5 Å². The number of benzene rings is 2. The van der Waals surface area contributed by atoms with E-state index in [1.165, 1.54) is 0 Å². The molecule has 8 heteroatoms. The third-order valence-electron chi connectivity index (χ3n) is 5.85. The minimum Gasteiger partial charge on any atom is -0.211 e. The number of rotatable bonds is 8. The van der Waals surface area contributed by atoms with Gasteiger partial charge in [-0.05, 0) is 77.6 Å². The number of carbonyl (C=O) groups excluding carboxylic acids is 4. The molecule has 2 rings (SSSR count). The van der Waals surface area contributed by atoms with E-state index in [2.05, 4.69) is 20.0 Å². The maximum absolute atomic E-state index is 10.4. The number of aliphatic imine (C=N–C) groups is 4. The van der Waals surface area contributed by atoms with E-state index in [1.54, 1.807) is 24.3 Å². The Morgan fingerprint density at radius 2 is 0.639 bits per heavy atom. The van der Waals surface area contributed by atoms with Crippen LogP contribution in [-0.2, 0) is 41.3 Å². The SMILES string of the molecule is CC(C)(N=C=O)c1cccc(C(C)(C)N=C=O)c1.CC(C)(N=C=O)c1cccc(C(C)(C)N=C=O)c1. The molecule has 0 aromatic heterocycles. The highest BCUT2D eigenvalue weighted by molar-refractivity contribution is 5.42. The molecule has 2 aromatic carbocycles. The fourth-order valence-electron chi connectivity index (χ4n) is 3.28. The smallest absolute Gasteiger partial charge is 0.211 e. The molecule has 0 unspecified atom stereocenters. The van der Waals surface area contributed by atoms with Crippen molar-refractivity contribution in [3.8, 4) is 0 Å². The van der Waals surface area contributed by atoms with Crippen molar-refractivity contribution in [1.29, 1.82) is 0 Å². The van der Waals surface area contributed by atoms with Gasteiger partial charge in [-0.2, -0.15) is 20.0 Å². The van der Waals surface area contributed by atoms with Gasteiger partial charge in [-0.1, -0.05) is 48.5 Å². The number of hydrogen-bond donors (Lipinski definition) is 0. The zero-order valence-electron chi connectivity index (χ0n) is 22.0. The molecule has 0 atom stereocenters. The summed E-state index contributed by atoms with van der Waals surface area (Å²) in [6.07, 6.45) is 6.32. The van der Waals surface area contributed by atoms with Crippen molar-refractivity contribution in [3.05, 3.63) is 70.8 Å². The summed E-state index contributed by atoms with van der Waals surface area (Å²) in [7, 11) is 0. The second-order valence-electron chi connectivity index (χ2n) is 10.2. The standard InChI is InChI=1S/2C14H16N2O2/c2*1-13(2,15-9-17)11-6-5-7-12(8-11)14(3,4)16-10-18/h2*5-8H,1-4H3. The first kappa shape index (κ1) is 30.0. The highest BCUT2D eigenvalue weighted by atomic mass is 16.1. The van der Waals surface area contributed by atoms with Gasteiger partial charge < -0.3 is 0 Å². The van der Waals surface area contributed by atoms with Crippen LogP contribution < -0.4 is 0 Å². The molecule has 0 aliphatic carbocycles. The van der Waals surface area contributed by atoms with Gasteiger partial charge in [-0.25, -0.2) is 19.2 Å². The lowest BCUT2D eigenvalue weighted by Crippen LogP contribution is -2.18. The molecule has 8 nitrogen and oxygen atoms in total. The Morgan fingerprint density at radius 1 is 0.444 bits per heavy atom. The summed E-state index contributed by atoms with van der Waals surface area (Å²) >= 11 is 0. The predicted molar refractivity (Wildman–Crippen MR) is 137 cm³/mol. The monoisotopic (exact) mass is 488 g/mol. The van der Waals surface area contributed by atoms with Crippen molar-refractivity contribution < 1.29 is 19.2 Å². The van der Waals surface area contributed by atoms with Gasteiger partial charge in [0.05, 0.1) is 22.2 Å². The van der Waals surface area contributed by atoms with Crippen LogP contribution in [0.5, 0.6) is 0 Å². The Hall–Kier alpha value is -4.04. The minimum absolute atomic E-state index is 0.640. The molecule has 0 saturated heterocycles. The van der Waals surface area contributed by atoms with Gasteiger partial charge in [-0.15, -0.1) is 0 Å². The summed E-state index contributed by atoms with van der Waals surface area (Å²) in [4.78, 5) is 56.8. The highest BCUT2D eigenvalue weighted by Crippen LogP contribution is 2.31. The van der Waals surface area contributed by atoms with Crippen molar-refractivity contribution in [2.75, 3.05) is 0 Å². The molecular formula is C28H32N4O4. The first-order valence-corrected chi connectivity index (χ1v) is 11.2. The van der Waals surface area contributed by atoms with E-state index in [4.69, 9.17) is 0 Å². The number of hydrogen-bond acceptors (Lipinski definition) is 8. The zero-order valence-corrected chi connectivity index (χ0v) is 22.0. The van der Waals surface area contributed by atoms with E-state index < -0.39 is 22.2 Å². The Balaban J connectivity index is 0.000000360. The molecule has 0 radical (unpaired) electrons. The van der Waals surface area contributed by atoms with Crippen molar-refractivity contribution in [2.24, 2.45) is 20.0 Å². The van der Waals surface area contributed by atoms with Gasteiger partial charge in [0.1, 0.15) is 0 Å².